The molecule has 2 aromatic rings. The molecule has 0 saturated heterocycles. The van der Waals surface area contributed by atoms with E-state index in [2.05, 4.69) is 15.0 Å². The highest BCUT2D eigenvalue weighted by Gasteiger charge is 2.31. The van der Waals surface area contributed by atoms with Gasteiger partial charge in [-0.1, -0.05) is 5.16 Å². The van der Waals surface area contributed by atoms with E-state index in [4.69, 9.17) is 14.2 Å². The average molecular weight is 384 g/mol. The fraction of sp³-hybridized carbons (Fsp3) is 0.294. The summed E-state index contributed by atoms with van der Waals surface area (Å²) < 4.78 is 43.4. The van der Waals surface area contributed by atoms with Crippen LogP contribution in [0.1, 0.15) is 28.2 Å². The molecule has 0 saturated carbocycles. The monoisotopic (exact) mass is 384 g/mol. The number of aromatic carboxylic acids is 1. The number of H-pyrrole nitrogens is 1. The van der Waals surface area contributed by atoms with Gasteiger partial charge in [-0.3, -0.25) is 0 Å². The van der Waals surface area contributed by atoms with Crippen LogP contribution in [0.25, 0.3) is 11.1 Å². The number of oxime groups is 1. The summed E-state index contributed by atoms with van der Waals surface area (Å²) in [6, 6.07) is 2.96. The van der Waals surface area contributed by atoms with Gasteiger partial charge in [-0.05, 0) is 12.1 Å². The number of alkyl halides is 2. The van der Waals surface area contributed by atoms with E-state index in [1.54, 1.807) is 0 Å². The lowest BCUT2D eigenvalue weighted by molar-refractivity contribution is 0.0679. The fourth-order valence-electron chi connectivity index (χ4n) is 2.71. The van der Waals surface area contributed by atoms with Gasteiger partial charge in [0, 0.05) is 11.1 Å². The molecule has 8 nitrogen and oxygen atoms in total. The molecule has 0 amide bonds. The van der Waals surface area contributed by atoms with Crippen molar-refractivity contribution in [1.29, 1.82) is 0 Å². The zero-order chi connectivity index (χ0) is 20.1. The maximum absolute atomic E-state index is 13.8. The number of nitrogens with one attached hydrogen (secondary N) is 1. The van der Waals surface area contributed by atoms with Gasteiger partial charge in [-0.25, -0.2) is 13.6 Å². The smallest absolute Gasteiger partial charge is 0.352 e. The molecule has 1 aromatic carbocycles. The van der Waals surface area contributed by atoms with E-state index >= 15 is 0 Å². The molecule has 146 valence electrons. The number of carboxylic acid groups (broad SMARTS) is 1. The molecule has 2 N–H and O–H groups in total. The van der Waals surface area contributed by atoms with Crippen molar-refractivity contribution in [2.75, 3.05) is 28.4 Å². The van der Waals surface area contributed by atoms with Crippen molar-refractivity contribution in [2.45, 2.75) is 6.43 Å². The van der Waals surface area contributed by atoms with Crippen LogP contribution < -0.4 is 14.2 Å². The molecule has 0 bridgehead atoms. The predicted octanol–water partition coefficient (Wildman–Crippen LogP) is 3.32. The molecule has 0 atom stereocenters. The van der Waals surface area contributed by atoms with Crippen LogP contribution in [0.5, 0.6) is 17.2 Å². The van der Waals surface area contributed by atoms with Crippen molar-refractivity contribution in [3.05, 3.63) is 29.1 Å². The lowest BCUT2D eigenvalue weighted by Crippen LogP contribution is -2.03. The van der Waals surface area contributed by atoms with Crippen LogP contribution in [0.15, 0.2) is 17.3 Å². The second kappa shape index (κ2) is 8.39. The Morgan fingerprint density at radius 3 is 2.30 bits per heavy atom. The van der Waals surface area contributed by atoms with Crippen LogP contribution >= 0.6 is 0 Å². The minimum absolute atomic E-state index is 0.00932. The summed E-state index contributed by atoms with van der Waals surface area (Å²) in [4.78, 5) is 18.5. The summed E-state index contributed by atoms with van der Waals surface area (Å²) in [5.74, 6) is -0.951. The molecular weight excluding hydrogens is 366 g/mol. The summed E-state index contributed by atoms with van der Waals surface area (Å²) in [5.41, 5.74) is -1.28. The molecule has 0 radical (unpaired) electrons. The Morgan fingerprint density at radius 1 is 1.15 bits per heavy atom. The molecule has 0 aliphatic heterocycles. The van der Waals surface area contributed by atoms with Gasteiger partial charge >= 0.3 is 5.97 Å². The number of carboxylic acids is 1. The van der Waals surface area contributed by atoms with Gasteiger partial charge in [0.25, 0.3) is 6.43 Å². The topological polar surface area (TPSA) is 102 Å². The number of carbonyl (C=O) groups is 1. The Morgan fingerprint density at radius 2 is 1.81 bits per heavy atom. The summed E-state index contributed by atoms with van der Waals surface area (Å²) >= 11 is 0. The average Bonchev–Trinajstić information content (AvgIpc) is 3.04. The van der Waals surface area contributed by atoms with Crippen molar-refractivity contribution >= 4 is 12.2 Å². The number of nitrogens with zero attached hydrogens (tertiary/aromatic N) is 1. The van der Waals surface area contributed by atoms with E-state index in [1.807, 2.05) is 0 Å². The number of hydrogen-bond donors (Lipinski definition) is 2. The Kier molecular flexibility index (Phi) is 6.22. The van der Waals surface area contributed by atoms with Gasteiger partial charge in [0.2, 0.25) is 5.75 Å². The molecule has 0 unspecified atom stereocenters. The molecule has 1 aromatic heterocycles. The molecule has 1 heterocycles. The van der Waals surface area contributed by atoms with Crippen molar-refractivity contribution < 1.29 is 37.7 Å². The largest absolute Gasteiger partial charge is 0.493 e. The quantitative estimate of drug-likeness (QED) is 0.535. The minimum Gasteiger partial charge on any atom is -0.493 e. The van der Waals surface area contributed by atoms with E-state index in [-0.39, 0.29) is 28.3 Å². The van der Waals surface area contributed by atoms with Crippen molar-refractivity contribution in [3.8, 4) is 28.4 Å². The van der Waals surface area contributed by atoms with Gasteiger partial charge in [-0.2, -0.15) is 0 Å². The SMILES string of the molecule is CO/N=C/c1[nH]c(C(=O)O)c(C(F)F)c1-c1ccc(OC)c(OC)c1OC. The zero-order valence-electron chi connectivity index (χ0n) is 15.0. The number of ether oxygens (including phenoxy) is 3. The Balaban J connectivity index is 2.92. The standard InChI is InChI=1S/C17H18F2N2O6/c1-24-10-6-5-8(14(25-2)15(10)26-3)11-9(7-20-27-4)21-13(17(22)23)12(11)16(18)19/h5-7,16,21H,1-4H3,(H,22,23)/b20-7+. The second-order valence-electron chi connectivity index (χ2n) is 5.11. The first-order valence-corrected chi connectivity index (χ1v) is 7.54. The number of rotatable bonds is 8. The molecule has 0 aliphatic rings. The number of methoxy groups -OCH3 is 3. The number of halogens is 2. The van der Waals surface area contributed by atoms with Crippen molar-refractivity contribution in [2.24, 2.45) is 5.16 Å². The first-order chi connectivity index (χ1) is 12.9. The zero-order valence-corrected chi connectivity index (χ0v) is 15.0. The number of hydrogen-bond acceptors (Lipinski definition) is 6. The molecular formula is C17H18F2N2O6. The van der Waals surface area contributed by atoms with Gasteiger partial charge in [0.1, 0.15) is 12.8 Å². The van der Waals surface area contributed by atoms with E-state index in [1.165, 1.54) is 40.6 Å². The summed E-state index contributed by atoms with van der Waals surface area (Å²) in [5, 5.41) is 12.9. The third kappa shape index (κ3) is 3.64. The third-order valence-corrected chi connectivity index (χ3v) is 3.76. The van der Waals surface area contributed by atoms with E-state index in [0.29, 0.717) is 5.75 Å². The first-order valence-electron chi connectivity index (χ1n) is 7.54. The highest BCUT2D eigenvalue weighted by Crippen LogP contribution is 2.47. The lowest BCUT2D eigenvalue weighted by Gasteiger charge is -2.16. The van der Waals surface area contributed by atoms with E-state index in [9.17, 15) is 18.7 Å². The van der Waals surface area contributed by atoms with Crippen molar-refractivity contribution in [1.82, 2.24) is 4.98 Å². The van der Waals surface area contributed by atoms with Crippen LogP contribution in [-0.2, 0) is 4.84 Å². The summed E-state index contributed by atoms with van der Waals surface area (Å²) in [6.07, 6.45) is -1.98. The van der Waals surface area contributed by atoms with Crippen LogP contribution in [0.3, 0.4) is 0 Å². The van der Waals surface area contributed by atoms with Crippen LogP contribution in [-0.4, -0.2) is 50.7 Å². The first kappa shape index (κ1) is 20.0. The Hall–Kier alpha value is -3.30. The molecule has 0 fully saturated rings. The van der Waals surface area contributed by atoms with Gasteiger partial charge in [-0.15, -0.1) is 0 Å². The molecule has 0 spiro atoms. The molecule has 10 heteroatoms. The third-order valence-electron chi connectivity index (χ3n) is 3.76. The normalized spacial score (nSPS) is 11.1. The van der Waals surface area contributed by atoms with Gasteiger partial charge < -0.3 is 29.1 Å². The summed E-state index contributed by atoms with van der Waals surface area (Å²) in [7, 11) is 5.38. The molecule has 2 rings (SSSR count). The van der Waals surface area contributed by atoms with Crippen LogP contribution in [0.4, 0.5) is 8.78 Å². The van der Waals surface area contributed by atoms with E-state index < -0.39 is 23.7 Å². The maximum Gasteiger partial charge on any atom is 0.352 e. The van der Waals surface area contributed by atoms with Crippen molar-refractivity contribution in [3.63, 3.8) is 0 Å². The Bertz CT molecular complexity index is 864. The number of aromatic amines is 1. The highest BCUT2D eigenvalue weighted by molar-refractivity contribution is 5.99. The fourth-order valence-corrected chi connectivity index (χ4v) is 2.71. The van der Waals surface area contributed by atoms with E-state index in [0.717, 1.165) is 6.21 Å². The Labute approximate surface area is 153 Å². The number of aromatic nitrogens is 1. The van der Waals surface area contributed by atoms with Crippen LogP contribution in [0, 0.1) is 0 Å². The highest BCUT2D eigenvalue weighted by atomic mass is 19.3. The lowest BCUT2D eigenvalue weighted by atomic mass is 9.98. The second-order valence-corrected chi connectivity index (χ2v) is 5.11. The molecule has 27 heavy (non-hydrogen) atoms. The molecule has 0 aliphatic carbocycles. The minimum atomic E-state index is -3.08. The van der Waals surface area contributed by atoms with Crippen LogP contribution in [0.2, 0.25) is 0 Å². The number of benzene rings is 1. The van der Waals surface area contributed by atoms with Gasteiger partial charge in [0.15, 0.2) is 11.5 Å². The summed E-state index contributed by atoms with van der Waals surface area (Å²) in [6.45, 7) is 0. The maximum atomic E-state index is 13.8. The van der Waals surface area contributed by atoms with Gasteiger partial charge in [0.05, 0.1) is 38.8 Å². The predicted molar refractivity (Wildman–Crippen MR) is 92.4 cm³/mol.